The van der Waals surface area contributed by atoms with Crippen molar-refractivity contribution in [3.63, 3.8) is 0 Å². The fraction of sp³-hybridized carbons (Fsp3) is 0.500. The zero-order valence-electron chi connectivity index (χ0n) is 15.1. The van der Waals surface area contributed by atoms with E-state index in [4.69, 9.17) is 4.74 Å². The zero-order valence-corrected chi connectivity index (χ0v) is 15.1. The van der Waals surface area contributed by atoms with Gasteiger partial charge in [0, 0.05) is 12.1 Å². The molecular formula is C18H27N3O4. The average Bonchev–Trinajstić information content (AvgIpc) is 2.60. The zero-order chi connectivity index (χ0) is 18.7. The van der Waals surface area contributed by atoms with Crippen molar-refractivity contribution in [2.45, 2.75) is 39.7 Å². The second-order valence-corrected chi connectivity index (χ2v) is 5.59. The minimum Gasteiger partial charge on any atom is -0.494 e. The van der Waals surface area contributed by atoms with Gasteiger partial charge in [0.05, 0.1) is 13.2 Å². The van der Waals surface area contributed by atoms with Gasteiger partial charge in [-0.25, -0.2) is 0 Å². The van der Waals surface area contributed by atoms with Crippen LogP contribution in [-0.2, 0) is 9.59 Å². The van der Waals surface area contributed by atoms with Crippen molar-refractivity contribution in [2.24, 2.45) is 0 Å². The minimum absolute atomic E-state index is 0.197. The van der Waals surface area contributed by atoms with Crippen LogP contribution in [0, 0.1) is 0 Å². The van der Waals surface area contributed by atoms with Gasteiger partial charge in [-0.2, -0.15) is 0 Å². The molecule has 3 amide bonds. The standard InChI is InChI=1S/C18H27N3O4/c1-4-6-11-25-15-9-7-14(8-10-15)18(24)20-12-16(22)21-13(3)17(23)19-5-2/h7-10,13H,4-6,11-12H2,1-3H3,(H,19,23)(H,20,24)(H,21,22)/t13-/m1/s1. The average molecular weight is 349 g/mol. The van der Waals surface area contributed by atoms with E-state index >= 15 is 0 Å². The fourth-order valence-corrected chi connectivity index (χ4v) is 1.98. The van der Waals surface area contributed by atoms with Crippen molar-refractivity contribution in [2.75, 3.05) is 19.7 Å². The molecule has 0 fully saturated rings. The van der Waals surface area contributed by atoms with Crippen molar-refractivity contribution >= 4 is 17.7 Å². The van der Waals surface area contributed by atoms with Gasteiger partial charge >= 0.3 is 0 Å². The number of likely N-dealkylation sites (N-methyl/N-ethyl adjacent to an activating group) is 1. The molecule has 1 aromatic rings. The molecule has 138 valence electrons. The number of carbonyl (C=O) groups is 3. The number of carbonyl (C=O) groups excluding carboxylic acids is 3. The molecule has 0 unspecified atom stereocenters. The Morgan fingerprint density at radius 3 is 2.36 bits per heavy atom. The van der Waals surface area contributed by atoms with Gasteiger partial charge in [0.2, 0.25) is 11.8 Å². The molecule has 0 saturated carbocycles. The highest BCUT2D eigenvalue weighted by atomic mass is 16.5. The summed E-state index contributed by atoms with van der Waals surface area (Å²) in [6.07, 6.45) is 2.04. The number of amides is 3. The first-order valence-electron chi connectivity index (χ1n) is 8.56. The molecule has 1 atom stereocenters. The Labute approximate surface area is 148 Å². The third-order valence-electron chi connectivity index (χ3n) is 3.41. The van der Waals surface area contributed by atoms with E-state index in [2.05, 4.69) is 22.9 Å². The molecule has 3 N–H and O–H groups in total. The Morgan fingerprint density at radius 2 is 1.76 bits per heavy atom. The number of unbranched alkanes of at least 4 members (excludes halogenated alkanes) is 1. The predicted octanol–water partition coefficient (Wildman–Crippen LogP) is 1.24. The Balaban J connectivity index is 2.40. The second-order valence-electron chi connectivity index (χ2n) is 5.59. The van der Waals surface area contributed by atoms with Crippen LogP contribution in [-0.4, -0.2) is 43.5 Å². The van der Waals surface area contributed by atoms with E-state index in [9.17, 15) is 14.4 Å². The maximum atomic E-state index is 12.0. The maximum Gasteiger partial charge on any atom is 0.251 e. The van der Waals surface area contributed by atoms with Crippen LogP contribution in [0.2, 0.25) is 0 Å². The predicted molar refractivity (Wildman–Crippen MR) is 95.5 cm³/mol. The number of rotatable bonds is 10. The summed E-state index contributed by atoms with van der Waals surface area (Å²) in [6.45, 7) is 6.41. The van der Waals surface area contributed by atoms with E-state index in [0.29, 0.717) is 24.5 Å². The monoisotopic (exact) mass is 349 g/mol. The van der Waals surface area contributed by atoms with Crippen LogP contribution in [0.15, 0.2) is 24.3 Å². The van der Waals surface area contributed by atoms with Crippen molar-refractivity contribution in [1.82, 2.24) is 16.0 Å². The molecule has 0 spiro atoms. The molecule has 1 rings (SSSR count). The first kappa shape index (κ1) is 20.5. The third-order valence-corrected chi connectivity index (χ3v) is 3.41. The normalized spacial score (nSPS) is 11.3. The summed E-state index contributed by atoms with van der Waals surface area (Å²) in [5.74, 6) is -0.341. The highest BCUT2D eigenvalue weighted by Gasteiger charge is 2.15. The van der Waals surface area contributed by atoms with Crippen molar-refractivity contribution in [3.8, 4) is 5.75 Å². The van der Waals surface area contributed by atoms with Gasteiger partial charge in [-0.05, 0) is 44.5 Å². The number of hydrogen-bond acceptors (Lipinski definition) is 4. The molecule has 0 bridgehead atoms. The lowest BCUT2D eigenvalue weighted by Crippen LogP contribution is -2.47. The smallest absolute Gasteiger partial charge is 0.251 e. The van der Waals surface area contributed by atoms with Crippen LogP contribution in [0.25, 0.3) is 0 Å². The van der Waals surface area contributed by atoms with Crippen LogP contribution < -0.4 is 20.7 Å². The van der Waals surface area contributed by atoms with Gasteiger partial charge in [0.1, 0.15) is 11.8 Å². The van der Waals surface area contributed by atoms with Crippen LogP contribution in [0.1, 0.15) is 44.0 Å². The van der Waals surface area contributed by atoms with E-state index in [1.807, 2.05) is 0 Å². The highest BCUT2D eigenvalue weighted by Crippen LogP contribution is 2.12. The van der Waals surface area contributed by atoms with Crippen LogP contribution in [0.4, 0.5) is 0 Å². The molecule has 7 nitrogen and oxygen atoms in total. The molecule has 25 heavy (non-hydrogen) atoms. The highest BCUT2D eigenvalue weighted by molar-refractivity contribution is 5.97. The summed E-state index contributed by atoms with van der Waals surface area (Å²) in [6, 6.07) is 6.09. The first-order valence-corrected chi connectivity index (χ1v) is 8.56. The van der Waals surface area contributed by atoms with E-state index in [-0.39, 0.29) is 18.4 Å². The van der Waals surface area contributed by atoms with Gasteiger partial charge in [-0.3, -0.25) is 14.4 Å². The molecule has 0 aliphatic heterocycles. The fourth-order valence-electron chi connectivity index (χ4n) is 1.98. The van der Waals surface area contributed by atoms with Gasteiger partial charge in [0.15, 0.2) is 0 Å². The molecule has 0 aliphatic rings. The van der Waals surface area contributed by atoms with Crippen LogP contribution >= 0.6 is 0 Å². The molecule has 0 heterocycles. The van der Waals surface area contributed by atoms with Crippen LogP contribution in [0.3, 0.4) is 0 Å². The Kier molecular flexibility index (Phi) is 9.06. The third kappa shape index (κ3) is 7.69. The quantitative estimate of drug-likeness (QED) is 0.554. The van der Waals surface area contributed by atoms with Gasteiger partial charge < -0.3 is 20.7 Å². The van der Waals surface area contributed by atoms with Gasteiger partial charge in [-0.1, -0.05) is 13.3 Å². The van der Waals surface area contributed by atoms with E-state index < -0.39 is 11.9 Å². The van der Waals surface area contributed by atoms with Gasteiger partial charge in [-0.15, -0.1) is 0 Å². The molecule has 1 aromatic carbocycles. The minimum atomic E-state index is -0.649. The van der Waals surface area contributed by atoms with E-state index in [1.165, 1.54) is 0 Å². The topological polar surface area (TPSA) is 96.5 Å². The molecule has 0 aliphatic carbocycles. The number of hydrogen-bond donors (Lipinski definition) is 3. The van der Waals surface area contributed by atoms with Crippen LogP contribution in [0.5, 0.6) is 5.75 Å². The van der Waals surface area contributed by atoms with Gasteiger partial charge in [0.25, 0.3) is 5.91 Å². The number of benzene rings is 1. The van der Waals surface area contributed by atoms with Crippen molar-refractivity contribution in [1.29, 1.82) is 0 Å². The summed E-state index contributed by atoms with van der Waals surface area (Å²) in [5.41, 5.74) is 0.437. The van der Waals surface area contributed by atoms with Crippen molar-refractivity contribution in [3.05, 3.63) is 29.8 Å². The lowest BCUT2D eigenvalue weighted by atomic mass is 10.2. The molecule has 0 radical (unpaired) electrons. The second kappa shape index (κ2) is 11.1. The molecule has 0 aromatic heterocycles. The SMILES string of the molecule is CCCCOc1ccc(C(=O)NCC(=O)N[C@H](C)C(=O)NCC)cc1. The summed E-state index contributed by atoms with van der Waals surface area (Å²) >= 11 is 0. The first-order chi connectivity index (χ1) is 12.0. The number of nitrogens with one attached hydrogen (secondary N) is 3. The lowest BCUT2D eigenvalue weighted by molar-refractivity contribution is -0.128. The maximum absolute atomic E-state index is 12.0. The summed E-state index contributed by atoms with van der Waals surface area (Å²) < 4.78 is 5.53. The molecule has 7 heteroatoms. The Bertz CT molecular complexity index is 572. The molecule has 0 saturated heterocycles. The summed E-state index contributed by atoms with van der Waals surface area (Å²) in [5, 5.41) is 7.66. The number of ether oxygens (including phenoxy) is 1. The Hall–Kier alpha value is -2.57. The summed E-state index contributed by atoms with van der Waals surface area (Å²) in [4.78, 5) is 35.3. The largest absolute Gasteiger partial charge is 0.494 e. The van der Waals surface area contributed by atoms with E-state index in [1.54, 1.807) is 38.1 Å². The Morgan fingerprint density at radius 1 is 1.08 bits per heavy atom. The summed E-state index contributed by atoms with van der Waals surface area (Å²) in [7, 11) is 0. The molecular weight excluding hydrogens is 322 g/mol. The van der Waals surface area contributed by atoms with E-state index in [0.717, 1.165) is 12.8 Å². The van der Waals surface area contributed by atoms with Crippen molar-refractivity contribution < 1.29 is 19.1 Å². The lowest BCUT2D eigenvalue weighted by Gasteiger charge is -2.13.